The van der Waals surface area contributed by atoms with Gasteiger partial charge in [-0.2, -0.15) is 0 Å². The van der Waals surface area contributed by atoms with Crippen molar-refractivity contribution in [2.75, 3.05) is 25.1 Å². The van der Waals surface area contributed by atoms with Crippen LogP contribution in [0.3, 0.4) is 0 Å². The van der Waals surface area contributed by atoms with Crippen molar-refractivity contribution in [3.8, 4) is 11.5 Å². The zero-order chi connectivity index (χ0) is 20.0. The summed E-state index contributed by atoms with van der Waals surface area (Å²) >= 11 is 0. The highest BCUT2D eigenvalue weighted by Crippen LogP contribution is 2.32. The van der Waals surface area contributed by atoms with E-state index in [1.54, 1.807) is 6.07 Å². The lowest BCUT2D eigenvalue weighted by Gasteiger charge is -2.18. The Morgan fingerprint density at radius 1 is 1.04 bits per heavy atom. The number of hydrogen-bond acceptors (Lipinski definition) is 5. The molecule has 0 bridgehead atoms. The standard InChI is InChI=1S/C20H24N2O5S/c1-2-3-15-4-6-16(7-5-15)22-20(23)10-11-21-28(24,25)17-8-9-18-19(14-17)27-13-12-26-18/h4-9,14,21H,2-3,10-13H2,1H3,(H,22,23). The average Bonchev–Trinajstić information content (AvgIpc) is 2.69. The van der Waals surface area contributed by atoms with E-state index in [1.807, 2.05) is 24.3 Å². The van der Waals surface area contributed by atoms with Crippen LogP contribution in [0.2, 0.25) is 0 Å². The number of nitrogens with one attached hydrogen (secondary N) is 2. The topological polar surface area (TPSA) is 93.7 Å². The van der Waals surface area contributed by atoms with Crippen LogP contribution in [0.5, 0.6) is 11.5 Å². The summed E-state index contributed by atoms with van der Waals surface area (Å²) in [4.78, 5) is 12.1. The van der Waals surface area contributed by atoms with Gasteiger partial charge in [-0.1, -0.05) is 25.5 Å². The zero-order valence-corrected chi connectivity index (χ0v) is 16.6. The lowest BCUT2D eigenvalue weighted by atomic mass is 10.1. The summed E-state index contributed by atoms with van der Waals surface area (Å²) in [5.41, 5.74) is 1.91. The summed E-state index contributed by atoms with van der Waals surface area (Å²) in [6.07, 6.45) is 2.09. The molecule has 28 heavy (non-hydrogen) atoms. The second kappa shape index (κ2) is 9.07. The number of aryl methyl sites for hydroxylation is 1. The second-order valence-corrected chi connectivity index (χ2v) is 8.22. The minimum atomic E-state index is -3.74. The number of benzene rings is 2. The Bertz CT molecular complexity index is 926. The van der Waals surface area contributed by atoms with Gasteiger partial charge in [-0.3, -0.25) is 4.79 Å². The Hall–Kier alpha value is -2.58. The summed E-state index contributed by atoms with van der Waals surface area (Å²) in [5.74, 6) is 0.668. The largest absolute Gasteiger partial charge is 0.486 e. The van der Waals surface area contributed by atoms with Crippen molar-refractivity contribution in [3.63, 3.8) is 0 Å². The molecule has 150 valence electrons. The highest BCUT2D eigenvalue weighted by molar-refractivity contribution is 7.89. The van der Waals surface area contributed by atoms with Crippen LogP contribution in [0.15, 0.2) is 47.4 Å². The maximum atomic E-state index is 12.4. The zero-order valence-electron chi connectivity index (χ0n) is 15.7. The van der Waals surface area contributed by atoms with E-state index in [-0.39, 0.29) is 23.8 Å². The molecule has 1 aliphatic rings. The molecule has 3 rings (SSSR count). The maximum Gasteiger partial charge on any atom is 0.240 e. The Balaban J connectivity index is 1.51. The fraction of sp³-hybridized carbons (Fsp3) is 0.350. The number of fused-ring (bicyclic) bond motifs is 1. The molecule has 2 N–H and O–H groups in total. The Kier molecular flexibility index (Phi) is 6.53. The van der Waals surface area contributed by atoms with Gasteiger partial charge < -0.3 is 14.8 Å². The lowest BCUT2D eigenvalue weighted by Crippen LogP contribution is -2.28. The van der Waals surface area contributed by atoms with Crippen molar-refractivity contribution in [1.82, 2.24) is 4.72 Å². The second-order valence-electron chi connectivity index (χ2n) is 6.45. The predicted molar refractivity (Wildman–Crippen MR) is 106 cm³/mol. The van der Waals surface area contributed by atoms with E-state index in [2.05, 4.69) is 17.0 Å². The molecule has 7 nitrogen and oxygen atoms in total. The summed E-state index contributed by atoms with van der Waals surface area (Å²) < 4.78 is 38.1. The number of sulfonamides is 1. The molecular weight excluding hydrogens is 380 g/mol. The van der Waals surface area contributed by atoms with E-state index >= 15 is 0 Å². The van der Waals surface area contributed by atoms with Crippen LogP contribution in [0, 0.1) is 0 Å². The molecule has 2 aromatic carbocycles. The van der Waals surface area contributed by atoms with Crippen LogP contribution in [-0.2, 0) is 21.2 Å². The average molecular weight is 404 g/mol. The molecule has 0 unspecified atom stereocenters. The normalized spacial score (nSPS) is 13.2. The number of hydrogen-bond donors (Lipinski definition) is 2. The molecule has 0 fully saturated rings. The van der Waals surface area contributed by atoms with Crippen LogP contribution < -0.4 is 19.5 Å². The number of anilines is 1. The van der Waals surface area contributed by atoms with Crippen molar-refractivity contribution in [2.24, 2.45) is 0 Å². The van der Waals surface area contributed by atoms with Gasteiger partial charge in [-0.05, 0) is 36.2 Å². The first-order valence-corrected chi connectivity index (χ1v) is 10.7. The Morgan fingerprint density at radius 2 is 1.75 bits per heavy atom. The van der Waals surface area contributed by atoms with Gasteiger partial charge in [0, 0.05) is 24.7 Å². The molecule has 0 saturated heterocycles. The molecule has 1 heterocycles. The first kappa shape index (κ1) is 20.2. The minimum Gasteiger partial charge on any atom is -0.486 e. The van der Waals surface area contributed by atoms with Gasteiger partial charge in [0.15, 0.2) is 11.5 Å². The third-order valence-electron chi connectivity index (χ3n) is 4.24. The molecule has 0 spiro atoms. The molecule has 2 aromatic rings. The molecule has 0 saturated carbocycles. The van der Waals surface area contributed by atoms with Gasteiger partial charge in [-0.15, -0.1) is 0 Å². The SMILES string of the molecule is CCCc1ccc(NC(=O)CCNS(=O)(=O)c2ccc3c(c2)OCCO3)cc1. The van der Waals surface area contributed by atoms with Crippen molar-refractivity contribution in [1.29, 1.82) is 0 Å². The fourth-order valence-electron chi connectivity index (χ4n) is 2.84. The molecule has 1 aliphatic heterocycles. The molecule has 1 amide bonds. The van der Waals surface area contributed by atoms with Crippen molar-refractivity contribution < 1.29 is 22.7 Å². The smallest absolute Gasteiger partial charge is 0.240 e. The van der Waals surface area contributed by atoms with Crippen molar-refractivity contribution in [2.45, 2.75) is 31.1 Å². The summed E-state index contributed by atoms with van der Waals surface area (Å²) in [5, 5.41) is 2.77. The highest BCUT2D eigenvalue weighted by atomic mass is 32.2. The number of carbonyl (C=O) groups is 1. The molecule has 0 aromatic heterocycles. The van der Waals surface area contributed by atoms with E-state index in [0.29, 0.717) is 30.4 Å². The summed E-state index contributed by atoms with van der Waals surface area (Å²) in [6, 6.07) is 12.1. The van der Waals surface area contributed by atoms with E-state index in [0.717, 1.165) is 12.8 Å². The number of amides is 1. The molecular formula is C20H24N2O5S. The number of ether oxygens (including phenoxy) is 2. The quantitative estimate of drug-likeness (QED) is 0.706. The maximum absolute atomic E-state index is 12.4. The van der Waals surface area contributed by atoms with Crippen molar-refractivity contribution >= 4 is 21.6 Å². The predicted octanol–water partition coefficient (Wildman–Crippen LogP) is 2.72. The molecule has 0 radical (unpaired) electrons. The third-order valence-corrected chi connectivity index (χ3v) is 5.70. The van der Waals surface area contributed by atoms with Crippen LogP contribution in [-0.4, -0.2) is 34.1 Å². The van der Waals surface area contributed by atoms with Crippen LogP contribution in [0.25, 0.3) is 0 Å². The molecule has 0 atom stereocenters. The number of rotatable bonds is 8. The third kappa shape index (κ3) is 5.24. The van der Waals surface area contributed by atoms with E-state index in [4.69, 9.17) is 9.47 Å². The van der Waals surface area contributed by atoms with Gasteiger partial charge in [0.25, 0.3) is 0 Å². The van der Waals surface area contributed by atoms with E-state index in [1.165, 1.54) is 17.7 Å². The van der Waals surface area contributed by atoms with Gasteiger partial charge in [-0.25, -0.2) is 13.1 Å². The van der Waals surface area contributed by atoms with Gasteiger partial charge in [0.1, 0.15) is 13.2 Å². The van der Waals surface area contributed by atoms with Gasteiger partial charge >= 0.3 is 0 Å². The van der Waals surface area contributed by atoms with Crippen LogP contribution in [0.4, 0.5) is 5.69 Å². The summed E-state index contributed by atoms with van der Waals surface area (Å²) in [6.45, 7) is 2.93. The monoisotopic (exact) mass is 404 g/mol. The Morgan fingerprint density at radius 3 is 2.46 bits per heavy atom. The van der Waals surface area contributed by atoms with E-state index < -0.39 is 10.0 Å². The van der Waals surface area contributed by atoms with Crippen LogP contribution >= 0.6 is 0 Å². The summed E-state index contributed by atoms with van der Waals surface area (Å²) in [7, 11) is -3.74. The Labute approximate surface area is 165 Å². The number of carbonyl (C=O) groups excluding carboxylic acids is 1. The fourth-order valence-corrected chi connectivity index (χ4v) is 3.89. The molecule has 8 heteroatoms. The first-order valence-electron chi connectivity index (χ1n) is 9.26. The van der Waals surface area contributed by atoms with Gasteiger partial charge in [0.05, 0.1) is 4.90 Å². The highest BCUT2D eigenvalue weighted by Gasteiger charge is 2.19. The minimum absolute atomic E-state index is 0.00345. The first-order chi connectivity index (χ1) is 13.5. The van der Waals surface area contributed by atoms with Gasteiger partial charge in [0.2, 0.25) is 15.9 Å². The van der Waals surface area contributed by atoms with Crippen molar-refractivity contribution in [3.05, 3.63) is 48.0 Å². The molecule has 0 aliphatic carbocycles. The van der Waals surface area contributed by atoms with Crippen LogP contribution in [0.1, 0.15) is 25.3 Å². The van der Waals surface area contributed by atoms with E-state index in [9.17, 15) is 13.2 Å². The lowest BCUT2D eigenvalue weighted by molar-refractivity contribution is -0.116.